The maximum Gasteiger partial charge on any atom is 0.269 e. The summed E-state index contributed by atoms with van der Waals surface area (Å²) in [6.07, 6.45) is 0. The number of hydrogen-bond acceptors (Lipinski definition) is 3. The van der Waals surface area contributed by atoms with Crippen LogP contribution in [0, 0.1) is 0 Å². The van der Waals surface area contributed by atoms with Crippen molar-refractivity contribution in [2.75, 3.05) is 26.1 Å². The molecule has 1 aliphatic rings. The van der Waals surface area contributed by atoms with Gasteiger partial charge in [0.1, 0.15) is 0 Å². The molecule has 1 heterocycles. The molecule has 5 heteroatoms. The largest absolute Gasteiger partial charge is 0.321 e. The van der Waals surface area contributed by atoms with Crippen molar-refractivity contribution in [3.63, 3.8) is 0 Å². The van der Waals surface area contributed by atoms with Gasteiger partial charge >= 0.3 is 0 Å². The van der Waals surface area contributed by atoms with E-state index in [2.05, 4.69) is 12.1 Å². The van der Waals surface area contributed by atoms with Gasteiger partial charge in [-0.1, -0.05) is 18.2 Å². The van der Waals surface area contributed by atoms with Crippen LogP contribution in [0.4, 0.5) is 0 Å². The van der Waals surface area contributed by atoms with Gasteiger partial charge in [0.15, 0.2) is 0 Å². The van der Waals surface area contributed by atoms with Gasteiger partial charge in [0.05, 0.1) is 0 Å². The molecular weight excluding hydrogens is 241 g/mol. The standard InChI is InChI=1S/C11H16NO2PS/c1-14-15(2,13)12-7-8-16-11-6-4-3-5-10(11)9-12/h3-6H,7-9H2,1-2H3/t15-/m1/s1. The highest BCUT2D eigenvalue weighted by molar-refractivity contribution is 7.99. The number of fused-ring (bicyclic) bond motifs is 1. The van der Waals surface area contributed by atoms with E-state index < -0.39 is 7.52 Å². The number of benzene rings is 1. The average Bonchev–Trinajstić information content (AvgIpc) is 2.51. The van der Waals surface area contributed by atoms with E-state index in [1.165, 1.54) is 17.6 Å². The van der Waals surface area contributed by atoms with Crippen LogP contribution in [0.3, 0.4) is 0 Å². The lowest BCUT2D eigenvalue weighted by atomic mass is 10.2. The van der Waals surface area contributed by atoms with Crippen molar-refractivity contribution >= 4 is 19.3 Å². The first-order valence-electron chi connectivity index (χ1n) is 5.23. The Labute approximate surface area is 101 Å². The average molecular weight is 257 g/mol. The Morgan fingerprint density at radius 3 is 2.94 bits per heavy atom. The summed E-state index contributed by atoms with van der Waals surface area (Å²) in [7, 11) is -1.09. The molecule has 16 heavy (non-hydrogen) atoms. The Morgan fingerprint density at radius 2 is 2.19 bits per heavy atom. The molecule has 1 atom stereocenters. The molecule has 0 N–H and O–H groups in total. The Balaban J connectivity index is 2.26. The van der Waals surface area contributed by atoms with Crippen molar-refractivity contribution in [3.8, 4) is 0 Å². The Kier molecular flexibility index (Phi) is 3.75. The summed E-state index contributed by atoms with van der Waals surface area (Å²) in [4.78, 5) is 1.29. The minimum Gasteiger partial charge on any atom is -0.321 e. The summed E-state index contributed by atoms with van der Waals surface area (Å²) in [6, 6.07) is 8.28. The molecule has 0 fully saturated rings. The van der Waals surface area contributed by atoms with Crippen LogP contribution in [0.5, 0.6) is 0 Å². The second-order valence-electron chi connectivity index (χ2n) is 3.83. The first kappa shape index (κ1) is 12.2. The first-order valence-corrected chi connectivity index (χ1v) is 8.24. The van der Waals surface area contributed by atoms with Crippen molar-refractivity contribution in [3.05, 3.63) is 29.8 Å². The van der Waals surface area contributed by atoms with Crippen molar-refractivity contribution < 1.29 is 9.09 Å². The van der Waals surface area contributed by atoms with E-state index in [0.29, 0.717) is 6.54 Å². The molecule has 0 aromatic heterocycles. The van der Waals surface area contributed by atoms with Crippen molar-refractivity contribution in [2.45, 2.75) is 11.4 Å². The van der Waals surface area contributed by atoms with Crippen LogP contribution in [0.25, 0.3) is 0 Å². The van der Waals surface area contributed by atoms with Gasteiger partial charge in [-0.3, -0.25) is 4.57 Å². The molecule has 1 aliphatic heterocycles. The highest BCUT2D eigenvalue weighted by Gasteiger charge is 2.27. The van der Waals surface area contributed by atoms with E-state index in [1.54, 1.807) is 6.66 Å². The lowest BCUT2D eigenvalue weighted by molar-refractivity contribution is 0.314. The molecule has 3 nitrogen and oxygen atoms in total. The van der Waals surface area contributed by atoms with Crippen molar-refractivity contribution in [1.82, 2.24) is 4.67 Å². The third-order valence-corrected chi connectivity index (χ3v) is 5.93. The second-order valence-corrected chi connectivity index (χ2v) is 7.50. The predicted molar refractivity (Wildman–Crippen MR) is 68.1 cm³/mol. The minimum absolute atomic E-state index is 0.713. The molecule has 0 aliphatic carbocycles. The lowest BCUT2D eigenvalue weighted by Crippen LogP contribution is -2.21. The zero-order chi connectivity index (χ0) is 11.6. The zero-order valence-electron chi connectivity index (χ0n) is 9.55. The maximum absolute atomic E-state index is 12.2. The molecule has 0 saturated carbocycles. The van der Waals surface area contributed by atoms with Crippen LogP contribution < -0.4 is 0 Å². The van der Waals surface area contributed by atoms with E-state index >= 15 is 0 Å². The number of nitrogens with zero attached hydrogens (tertiary/aromatic N) is 1. The van der Waals surface area contributed by atoms with E-state index in [-0.39, 0.29) is 0 Å². The summed E-state index contributed by atoms with van der Waals surface area (Å²) in [6.45, 7) is 3.21. The first-order chi connectivity index (χ1) is 7.63. The number of hydrogen-bond donors (Lipinski definition) is 0. The lowest BCUT2D eigenvalue weighted by Gasteiger charge is -2.25. The van der Waals surface area contributed by atoms with E-state index in [0.717, 1.165) is 12.3 Å². The predicted octanol–water partition coefficient (Wildman–Crippen LogP) is 3.06. The topological polar surface area (TPSA) is 29.5 Å². The van der Waals surface area contributed by atoms with Gasteiger partial charge < -0.3 is 4.52 Å². The highest BCUT2D eigenvalue weighted by atomic mass is 32.2. The second kappa shape index (κ2) is 4.92. The molecule has 0 spiro atoms. The molecule has 2 rings (SSSR count). The van der Waals surface area contributed by atoms with Crippen molar-refractivity contribution in [1.29, 1.82) is 0 Å². The molecule has 0 unspecified atom stereocenters. The molecule has 0 bridgehead atoms. The van der Waals surface area contributed by atoms with Gasteiger partial charge in [0.2, 0.25) is 0 Å². The Morgan fingerprint density at radius 1 is 1.44 bits per heavy atom. The Bertz CT molecular complexity index is 424. The quantitative estimate of drug-likeness (QED) is 0.762. The van der Waals surface area contributed by atoms with E-state index in [9.17, 15) is 4.57 Å². The van der Waals surface area contributed by atoms with Crippen LogP contribution in [0.15, 0.2) is 29.2 Å². The maximum atomic E-state index is 12.2. The summed E-state index contributed by atoms with van der Waals surface area (Å²) >= 11 is 1.82. The van der Waals surface area contributed by atoms with Crippen LogP contribution in [-0.4, -0.2) is 30.7 Å². The SMILES string of the molecule is CO[P@@](C)(=O)N1CCSc2ccccc2C1. The normalized spacial score (nSPS) is 20.9. The molecule has 0 radical (unpaired) electrons. The Hall–Kier alpha value is -0.280. The van der Waals surface area contributed by atoms with Gasteiger partial charge in [0, 0.05) is 37.5 Å². The molecule has 1 aromatic rings. The van der Waals surface area contributed by atoms with Crippen LogP contribution in [0.1, 0.15) is 5.56 Å². The van der Waals surface area contributed by atoms with Crippen molar-refractivity contribution in [2.24, 2.45) is 0 Å². The molecule has 1 aromatic carbocycles. The van der Waals surface area contributed by atoms with Crippen LogP contribution in [-0.2, 0) is 15.6 Å². The van der Waals surface area contributed by atoms with Gasteiger partial charge in [-0.25, -0.2) is 4.67 Å². The third-order valence-electron chi connectivity index (χ3n) is 2.78. The third kappa shape index (κ3) is 2.51. The summed E-state index contributed by atoms with van der Waals surface area (Å²) < 4.78 is 19.3. The van der Waals surface area contributed by atoms with E-state index in [1.807, 2.05) is 28.6 Å². The molecule has 0 saturated heterocycles. The molecular formula is C11H16NO2PS. The zero-order valence-corrected chi connectivity index (χ0v) is 11.3. The fourth-order valence-corrected chi connectivity index (χ4v) is 4.00. The number of rotatable bonds is 2. The highest BCUT2D eigenvalue weighted by Crippen LogP contribution is 2.48. The fourth-order valence-electron chi connectivity index (χ4n) is 1.74. The smallest absolute Gasteiger partial charge is 0.269 e. The minimum atomic E-state index is -2.61. The monoisotopic (exact) mass is 257 g/mol. The fraction of sp³-hybridized carbons (Fsp3) is 0.455. The summed E-state index contributed by atoms with van der Waals surface area (Å²) in [5.41, 5.74) is 1.24. The summed E-state index contributed by atoms with van der Waals surface area (Å²) in [5.74, 6) is 0.957. The molecule has 88 valence electrons. The van der Waals surface area contributed by atoms with Gasteiger partial charge in [0.25, 0.3) is 7.52 Å². The van der Waals surface area contributed by atoms with Crippen LogP contribution in [0.2, 0.25) is 0 Å². The van der Waals surface area contributed by atoms with Gasteiger partial charge in [-0.15, -0.1) is 11.8 Å². The number of thioether (sulfide) groups is 1. The summed E-state index contributed by atoms with van der Waals surface area (Å²) in [5, 5.41) is 0. The van der Waals surface area contributed by atoms with Gasteiger partial charge in [-0.2, -0.15) is 0 Å². The molecule has 0 amide bonds. The van der Waals surface area contributed by atoms with E-state index in [4.69, 9.17) is 4.52 Å². The van der Waals surface area contributed by atoms with Gasteiger partial charge in [-0.05, 0) is 11.6 Å². The van der Waals surface area contributed by atoms with Crippen LogP contribution >= 0.6 is 19.3 Å².